The van der Waals surface area contributed by atoms with Crippen molar-refractivity contribution in [1.82, 2.24) is 0 Å². The molecule has 80 valence electrons. The summed E-state index contributed by atoms with van der Waals surface area (Å²) in [6.45, 7) is 3.63. The van der Waals surface area contributed by atoms with Crippen LogP contribution in [-0.2, 0) is 4.74 Å². The quantitative estimate of drug-likeness (QED) is 0.606. The van der Waals surface area contributed by atoms with E-state index in [9.17, 15) is 14.7 Å². The van der Waals surface area contributed by atoms with Crippen molar-refractivity contribution in [3.8, 4) is 5.75 Å². The smallest absolute Gasteiger partial charge is 0.341 e. The van der Waals surface area contributed by atoms with Crippen LogP contribution in [0.15, 0.2) is 12.1 Å². The molecule has 0 aliphatic heterocycles. The van der Waals surface area contributed by atoms with Gasteiger partial charge in [-0.15, -0.1) is 0 Å². The van der Waals surface area contributed by atoms with Crippen molar-refractivity contribution in [2.24, 2.45) is 0 Å². The molecule has 4 heteroatoms. The van der Waals surface area contributed by atoms with Gasteiger partial charge in [-0.3, -0.25) is 4.79 Å². The molecule has 0 atom stereocenters. The van der Waals surface area contributed by atoms with E-state index < -0.39 is 5.97 Å². The summed E-state index contributed by atoms with van der Waals surface area (Å²) in [5, 5.41) is 9.58. The molecule has 0 aliphatic carbocycles. The summed E-state index contributed by atoms with van der Waals surface area (Å²) in [6, 6.07) is 2.99. The van der Waals surface area contributed by atoms with Crippen LogP contribution in [0.1, 0.15) is 33.2 Å². The third-order valence-electron chi connectivity index (χ3n) is 1.91. The normalized spacial score (nSPS) is 9.73. The van der Waals surface area contributed by atoms with Crippen molar-refractivity contribution in [2.45, 2.75) is 13.8 Å². The molecule has 0 aromatic heterocycles. The predicted molar refractivity (Wildman–Crippen MR) is 54.2 cm³/mol. The molecule has 4 nitrogen and oxygen atoms in total. The highest BCUT2D eigenvalue weighted by molar-refractivity contribution is 5.96. The van der Waals surface area contributed by atoms with Crippen LogP contribution in [0.5, 0.6) is 5.75 Å². The number of hydrogen-bond donors (Lipinski definition) is 1. The van der Waals surface area contributed by atoms with E-state index in [1.54, 1.807) is 13.8 Å². The number of aromatic hydroxyl groups is 1. The minimum Gasteiger partial charge on any atom is -0.506 e. The van der Waals surface area contributed by atoms with Gasteiger partial charge in [0.05, 0.1) is 12.2 Å². The fourth-order valence-electron chi connectivity index (χ4n) is 1.26. The van der Waals surface area contributed by atoms with Crippen LogP contribution in [0, 0.1) is 6.92 Å². The fourth-order valence-corrected chi connectivity index (χ4v) is 1.26. The molecule has 1 rings (SSSR count). The molecule has 0 aliphatic rings. The van der Waals surface area contributed by atoms with E-state index in [1.807, 2.05) is 0 Å². The van der Waals surface area contributed by atoms with Gasteiger partial charge in [-0.1, -0.05) is 0 Å². The molecule has 0 heterocycles. The van der Waals surface area contributed by atoms with Crippen molar-refractivity contribution >= 4 is 12.3 Å². The number of carbonyl (C=O) groups excluding carboxylic acids is 2. The lowest BCUT2D eigenvalue weighted by Crippen LogP contribution is -2.06. The lowest BCUT2D eigenvalue weighted by molar-refractivity contribution is 0.0523. The number of phenolic OH excluding ortho intramolecular Hbond substituents is 1. The van der Waals surface area contributed by atoms with Gasteiger partial charge in [-0.25, -0.2) is 4.79 Å². The zero-order valence-electron chi connectivity index (χ0n) is 8.61. The number of aryl methyl sites for hydroxylation is 1. The first-order chi connectivity index (χ1) is 7.10. The number of benzene rings is 1. The van der Waals surface area contributed by atoms with E-state index in [4.69, 9.17) is 4.74 Å². The predicted octanol–water partition coefficient (Wildman–Crippen LogP) is 1.69. The molecule has 0 fully saturated rings. The minimum atomic E-state index is -0.623. The van der Waals surface area contributed by atoms with Crippen LogP contribution in [0.3, 0.4) is 0 Å². The molecule has 1 N–H and O–H groups in total. The van der Waals surface area contributed by atoms with Gasteiger partial charge in [-0.05, 0) is 31.5 Å². The highest BCUT2D eigenvalue weighted by atomic mass is 16.5. The molecule has 0 radical (unpaired) electrons. The molecule has 0 saturated carbocycles. The average Bonchev–Trinajstić information content (AvgIpc) is 2.21. The molecule has 1 aromatic rings. The highest BCUT2D eigenvalue weighted by Crippen LogP contribution is 2.23. The van der Waals surface area contributed by atoms with Crippen molar-refractivity contribution < 1.29 is 19.4 Å². The summed E-state index contributed by atoms with van der Waals surface area (Å²) in [6.07, 6.45) is 0.505. The van der Waals surface area contributed by atoms with Gasteiger partial charge in [0, 0.05) is 0 Å². The van der Waals surface area contributed by atoms with Gasteiger partial charge >= 0.3 is 5.97 Å². The fraction of sp³-hybridized carbons (Fsp3) is 0.273. The van der Waals surface area contributed by atoms with Crippen molar-refractivity contribution in [3.63, 3.8) is 0 Å². The number of rotatable bonds is 3. The number of aldehydes is 1. The van der Waals surface area contributed by atoms with Crippen LogP contribution in [0.4, 0.5) is 0 Å². The first kappa shape index (κ1) is 11.2. The SMILES string of the molecule is CCOC(=O)c1cc(C)cc(C=O)c1O. The lowest BCUT2D eigenvalue weighted by Gasteiger charge is -2.07. The Kier molecular flexibility index (Phi) is 3.44. The van der Waals surface area contributed by atoms with Crippen LogP contribution >= 0.6 is 0 Å². The number of ether oxygens (including phenoxy) is 1. The Labute approximate surface area is 87.5 Å². The number of hydrogen-bond acceptors (Lipinski definition) is 4. The molecule has 0 saturated heterocycles. The molecule has 0 spiro atoms. The van der Waals surface area contributed by atoms with E-state index in [1.165, 1.54) is 12.1 Å². The third kappa shape index (κ3) is 2.34. The second-order valence-electron chi connectivity index (χ2n) is 3.09. The van der Waals surface area contributed by atoms with Gasteiger partial charge in [0.15, 0.2) is 6.29 Å². The summed E-state index contributed by atoms with van der Waals surface area (Å²) in [5.74, 6) is -0.948. The molecule has 15 heavy (non-hydrogen) atoms. The summed E-state index contributed by atoms with van der Waals surface area (Å²) in [5.41, 5.74) is 0.843. The topological polar surface area (TPSA) is 63.6 Å². The molecule has 0 bridgehead atoms. The van der Waals surface area contributed by atoms with Crippen molar-refractivity contribution in [1.29, 1.82) is 0 Å². The van der Waals surface area contributed by atoms with Gasteiger partial charge in [-0.2, -0.15) is 0 Å². The van der Waals surface area contributed by atoms with Crippen molar-refractivity contribution in [3.05, 3.63) is 28.8 Å². The van der Waals surface area contributed by atoms with E-state index in [2.05, 4.69) is 0 Å². The van der Waals surface area contributed by atoms with Crippen LogP contribution in [-0.4, -0.2) is 24.0 Å². The first-order valence-electron chi connectivity index (χ1n) is 4.56. The Bertz CT molecular complexity index is 396. The van der Waals surface area contributed by atoms with Gasteiger partial charge in [0.1, 0.15) is 11.3 Å². The van der Waals surface area contributed by atoms with E-state index in [-0.39, 0.29) is 23.5 Å². The number of phenols is 1. The van der Waals surface area contributed by atoms with Crippen molar-refractivity contribution in [2.75, 3.05) is 6.61 Å². The van der Waals surface area contributed by atoms with E-state index >= 15 is 0 Å². The number of carbonyl (C=O) groups is 2. The Hall–Kier alpha value is -1.84. The Morgan fingerprint density at radius 3 is 2.73 bits per heavy atom. The Balaban J connectivity index is 3.22. The zero-order valence-corrected chi connectivity index (χ0v) is 8.61. The second kappa shape index (κ2) is 4.59. The maximum atomic E-state index is 11.4. The average molecular weight is 208 g/mol. The Morgan fingerprint density at radius 1 is 1.53 bits per heavy atom. The van der Waals surface area contributed by atoms with Gasteiger partial charge < -0.3 is 9.84 Å². The minimum absolute atomic E-state index is 0.0268. The number of esters is 1. The summed E-state index contributed by atoms with van der Waals surface area (Å²) >= 11 is 0. The lowest BCUT2D eigenvalue weighted by atomic mass is 10.1. The maximum Gasteiger partial charge on any atom is 0.341 e. The third-order valence-corrected chi connectivity index (χ3v) is 1.91. The van der Waals surface area contributed by atoms with Crippen LogP contribution < -0.4 is 0 Å². The van der Waals surface area contributed by atoms with Crippen LogP contribution in [0.2, 0.25) is 0 Å². The zero-order chi connectivity index (χ0) is 11.4. The molecule has 0 amide bonds. The van der Waals surface area contributed by atoms with E-state index in [0.29, 0.717) is 6.29 Å². The molecule has 0 unspecified atom stereocenters. The summed E-state index contributed by atoms with van der Waals surface area (Å²) in [4.78, 5) is 22.0. The largest absolute Gasteiger partial charge is 0.506 e. The monoisotopic (exact) mass is 208 g/mol. The van der Waals surface area contributed by atoms with Gasteiger partial charge in [0.2, 0.25) is 0 Å². The Morgan fingerprint density at radius 2 is 2.20 bits per heavy atom. The summed E-state index contributed by atoms with van der Waals surface area (Å²) < 4.78 is 4.75. The standard InChI is InChI=1S/C11H12O4/c1-3-15-11(14)9-5-7(2)4-8(6-12)10(9)13/h4-6,13H,3H2,1-2H3. The maximum absolute atomic E-state index is 11.4. The molecular formula is C11H12O4. The van der Waals surface area contributed by atoms with E-state index in [0.717, 1.165) is 5.56 Å². The first-order valence-corrected chi connectivity index (χ1v) is 4.56. The second-order valence-corrected chi connectivity index (χ2v) is 3.09. The van der Waals surface area contributed by atoms with Crippen LogP contribution in [0.25, 0.3) is 0 Å². The van der Waals surface area contributed by atoms with Gasteiger partial charge in [0.25, 0.3) is 0 Å². The molecular weight excluding hydrogens is 196 g/mol. The summed E-state index contributed by atoms with van der Waals surface area (Å²) in [7, 11) is 0. The highest BCUT2D eigenvalue weighted by Gasteiger charge is 2.15. The molecule has 1 aromatic carbocycles.